The molecule has 0 fully saturated rings. The van der Waals surface area contributed by atoms with Crippen LogP contribution >= 0.6 is 0 Å². The van der Waals surface area contributed by atoms with E-state index in [9.17, 15) is 0 Å². The zero-order chi connectivity index (χ0) is 22.7. The first-order valence-corrected chi connectivity index (χ1v) is 11.9. The topological polar surface area (TPSA) is 0 Å². The minimum atomic E-state index is 0.103. The molecule has 0 amide bonds. The van der Waals surface area contributed by atoms with Crippen molar-refractivity contribution in [2.45, 2.75) is 65.2 Å². The Morgan fingerprint density at radius 3 is 2.12 bits per heavy atom. The Bertz CT molecular complexity index is 1250. The fourth-order valence-electron chi connectivity index (χ4n) is 5.27. The molecule has 0 spiro atoms. The SMILES string of the molecule is CC(C)(C)c1ccc2c(c1)Cc1c-2ccc(C(C)(C)C)c1C1=CC(c2ccccc2)=CC1. The molecule has 0 aliphatic heterocycles. The van der Waals surface area contributed by atoms with Crippen molar-refractivity contribution in [1.29, 1.82) is 0 Å². The van der Waals surface area contributed by atoms with Gasteiger partial charge in [-0.15, -0.1) is 0 Å². The third kappa shape index (κ3) is 3.56. The molecule has 0 unspecified atom stereocenters. The molecule has 0 radical (unpaired) electrons. The molecule has 32 heavy (non-hydrogen) atoms. The molecule has 2 aliphatic rings. The summed E-state index contributed by atoms with van der Waals surface area (Å²) in [4.78, 5) is 0. The van der Waals surface area contributed by atoms with Gasteiger partial charge in [0.25, 0.3) is 0 Å². The van der Waals surface area contributed by atoms with Crippen molar-refractivity contribution >= 4 is 11.1 Å². The third-order valence-electron chi connectivity index (χ3n) is 7.05. The van der Waals surface area contributed by atoms with Gasteiger partial charge in [0.2, 0.25) is 0 Å². The predicted molar refractivity (Wildman–Crippen MR) is 139 cm³/mol. The van der Waals surface area contributed by atoms with E-state index in [1.54, 1.807) is 0 Å². The van der Waals surface area contributed by atoms with E-state index in [-0.39, 0.29) is 10.8 Å². The van der Waals surface area contributed by atoms with Gasteiger partial charge in [-0.3, -0.25) is 0 Å². The highest BCUT2D eigenvalue weighted by atomic mass is 14.3. The molecule has 0 saturated carbocycles. The minimum absolute atomic E-state index is 0.103. The molecule has 5 rings (SSSR count). The summed E-state index contributed by atoms with van der Waals surface area (Å²) < 4.78 is 0. The molecule has 2 aliphatic carbocycles. The highest BCUT2D eigenvalue weighted by Crippen LogP contribution is 2.47. The summed E-state index contributed by atoms with van der Waals surface area (Å²) >= 11 is 0. The van der Waals surface area contributed by atoms with Gasteiger partial charge in [-0.05, 0) is 79.3 Å². The van der Waals surface area contributed by atoms with E-state index < -0.39 is 0 Å². The van der Waals surface area contributed by atoms with E-state index >= 15 is 0 Å². The van der Waals surface area contributed by atoms with Gasteiger partial charge in [0, 0.05) is 0 Å². The van der Waals surface area contributed by atoms with Crippen LogP contribution < -0.4 is 0 Å². The summed E-state index contributed by atoms with van der Waals surface area (Å²) in [7, 11) is 0. The number of hydrogen-bond acceptors (Lipinski definition) is 0. The van der Waals surface area contributed by atoms with E-state index in [4.69, 9.17) is 0 Å². The molecule has 0 heterocycles. The average molecular weight is 419 g/mol. The number of benzene rings is 3. The van der Waals surface area contributed by atoms with Crippen LogP contribution in [0.5, 0.6) is 0 Å². The molecular weight excluding hydrogens is 384 g/mol. The van der Waals surface area contributed by atoms with E-state index in [0.717, 1.165) is 12.8 Å². The van der Waals surface area contributed by atoms with Crippen LogP contribution in [-0.2, 0) is 17.3 Å². The molecule has 162 valence electrons. The van der Waals surface area contributed by atoms with Crippen molar-refractivity contribution in [2.24, 2.45) is 0 Å². The van der Waals surface area contributed by atoms with E-state index in [2.05, 4.69) is 114 Å². The Kier molecular flexibility index (Phi) is 4.82. The summed E-state index contributed by atoms with van der Waals surface area (Å²) in [5, 5.41) is 0. The van der Waals surface area contributed by atoms with Gasteiger partial charge in [-0.25, -0.2) is 0 Å². The van der Waals surface area contributed by atoms with Crippen LogP contribution in [0.3, 0.4) is 0 Å². The fraction of sp³-hybridized carbons (Fsp3) is 0.312. The molecule has 0 aromatic heterocycles. The van der Waals surface area contributed by atoms with Crippen molar-refractivity contribution in [3.8, 4) is 11.1 Å². The Hall–Kier alpha value is -2.86. The lowest BCUT2D eigenvalue weighted by Crippen LogP contribution is -2.15. The predicted octanol–water partition coefficient (Wildman–Crippen LogP) is 8.72. The van der Waals surface area contributed by atoms with Crippen LogP contribution in [0.25, 0.3) is 22.3 Å². The number of rotatable bonds is 2. The quantitative estimate of drug-likeness (QED) is 0.305. The molecule has 0 N–H and O–H groups in total. The lowest BCUT2D eigenvalue weighted by molar-refractivity contribution is 0.587. The van der Waals surface area contributed by atoms with E-state index in [1.165, 1.54) is 55.7 Å². The first-order chi connectivity index (χ1) is 15.1. The molecule has 0 atom stereocenters. The third-order valence-corrected chi connectivity index (χ3v) is 7.05. The summed E-state index contributed by atoms with van der Waals surface area (Å²) in [6.07, 6.45) is 6.87. The summed E-state index contributed by atoms with van der Waals surface area (Å²) in [6.45, 7) is 14.0. The fourth-order valence-corrected chi connectivity index (χ4v) is 5.27. The van der Waals surface area contributed by atoms with Crippen LogP contribution in [-0.4, -0.2) is 0 Å². The number of allylic oxidation sites excluding steroid dienone is 4. The smallest absolute Gasteiger partial charge is 0.000719 e. The van der Waals surface area contributed by atoms with Gasteiger partial charge < -0.3 is 0 Å². The first kappa shape index (κ1) is 21.0. The van der Waals surface area contributed by atoms with E-state index in [1.807, 2.05) is 0 Å². The van der Waals surface area contributed by atoms with E-state index in [0.29, 0.717) is 0 Å². The second-order valence-electron chi connectivity index (χ2n) is 11.5. The van der Waals surface area contributed by atoms with Gasteiger partial charge in [0.1, 0.15) is 0 Å². The maximum absolute atomic E-state index is 2.45. The number of fused-ring (bicyclic) bond motifs is 3. The molecule has 0 heteroatoms. The normalized spacial score (nSPS) is 15.3. The molecular formula is C32H34. The zero-order valence-electron chi connectivity index (χ0n) is 20.3. The highest BCUT2D eigenvalue weighted by molar-refractivity contribution is 5.93. The molecule has 3 aromatic carbocycles. The van der Waals surface area contributed by atoms with Crippen LogP contribution in [0.1, 0.15) is 81.3 Å². The lowest BCUT2D eigenvalue weighted by atomic mass is 9.78. The van der Waals surface area contributed by atoms with Gasteiger partial charge in [0.05, 0.1) is 0 Å². The first-order valence-electron chi connectivity index (χ1n) is 11.9. The van der Waals surface area contributed by atoms with Crippen molar-refractivity contribution < 1.29 is 0 Å². The lowest BCUT2D eigenvalue weighted by Gasteiger charge is -2.26. The van der Waals surface area contributed by atoms with Crippen molar-refractivity contribution in [1.82, 2.24) is 0 Å². The summed E-state index contributed by atoms with van der Waals surface area (Å²) in [5.74, 6) is 0. The zero-order valence-corrected chi connectivity index (χ0v) is 20.3. The second kappa shape index (κ2) is 7.34. The Balaban J connectivity index is 1.64. The number of hydrogen-bond donors (Lipinski definition) is 0. The van der Waals surface area contributed by atoms with Crippen LogP contribution in [0, 0.1) is 0 Å². The Morgan fingerprint density at radius 1 is 0.719 bits per heavy atom. The molecule has 0 saturated heterocycles. The Labute approximate surface area is 193 Å². The summed E-state index contributed by atoms with van der Waals surface area (Å²) in [5.41, 5.74) is 14.6. The second-order valence-corrected chi connectivity index (χ2v) is 11.5. The molecule has 3 aromatic rings. The average Bonchev–Trinajstić information content (AvgIpc) is 3.37. The van der Waals surface area contributed by atoms with Crippen LogP contribution in [0.15, 0.2) is 72.8 Å². The van der Waals surface area contributed by atoms with Gasteiger partial charge in [0.15, 0.2) is 0 Å². The van der Waals surface area contributed by atoms with Gasteiger partial charge in [-0.1, -0.05) is 114 Å². The molecule has 0 nitrogen and oxygen atoms in total. The summed E-state index contributed by atoms with van der Waals surface area (Å²) in [6, 6.07) is 22.7. The largest absolute Gasteiger partial charge is 0.0722 e. The van der Waals surface area contributed by atoms with Crippen molar-refractivity contribution in [3.63, 3.8) is 0 Å². The maximum Gasteiger partial charge on any atom is -0.000719 e. The van der Waals surface area contributed by atoms with Crippen molar-refractivity contribution in [2.75, 3.05) is 0 Å². The Morgan fingerprint density at radius 2 is 1.44 bits per heavy atom. The standard InChI is InChI=1S/C32H34/c1-31(2,3)25-14-15-26-24(19-25)20-28-27(26)16-17-29(32(4,5)6)30(28)23-13-12-22(18-23)21-10-8-7-9-11-21/h7-12,14-19H,13,20H2,1-6H3. The highest BCUT2D eigenvalue weighted by Gasteiger charge is 2.30. The van der Waals surface area contributed by atoms with Gasteiger partial charge >= 0.3 is 0 Å². The van der Waals surface area contributed by atoms with Crippen molar-refractivity contribution in [3.05, 3.63) is 106 Å². The van der Waals surface area contributed by atoms with Crippen LogP contribution in [0.4, 0.5) is 0 Å². The minimum Gasteiger partial charge on any atom is -0.0722 e. The molecule has 0 bridgehead atoms. The van der Waals surface area contributed by atoms with Crippen LogP contribution in [0.2, 0.25) is 0 Å². The monoisotopic (exact) mass is 418 g/mol. The van der Waals surface area contributed by atoms with Gasteiger partial charge in [-0.2, -0.15) is 0 Å². The maximum atomic E-state index is 2.45.